The summed E-state index contributed by atoms with van der Waals surface area (Å²) >= 11 is 0. The predicted molar refractivity (Wildman–Crippen MR) is 68.9 cm³/mol. The Morgan fingerprint density at radius 3 is 2.78 bits per heavy atom. The van der Waals surface area contributed by atoms with E-state index in [-0.39, 0.29) is 0 Å². The van der Waals surface area contributed by atoms with Crippen molar-refractivity contribution in [2.24, 2.45) is 24.8 Å². The van der Waals surface area contributed by atoms with Crippen LogP contribution in [0.5, 0.6) is 0 Å². The van der Waals surface area contributed by atoms with Crippen LogP contribution < -0.4 is 5.32 Å². The molecule has 1 aromatic rings. The maximum absolute atomic E-state index is 4.32. The highest BCUT2D eigenvalue weighted by atomic mass is 15.6. The van der Waals surface area contributed by atoms with Crippen LogP contribution in [0.25, 0.3) is 0 Å². The highest BCUT2D eigenvalue weighted by Gasteiger charge is 2.55. The van der Waals surface area contributed by atoms with Gasteiger partial charge in [-0.2, -0.15) is 4.80 Å². The van der Waals surface area contributed by atoms with Gasteiger partial charge in [0, 0.05) is 12.5 Å². The van der Waals surface area contributed by atoms with Crippen LogP contribution in [0.1, 0.15) is 38.4 Å². The van der Waals surface area contributed by atoms with E-state index in [0.29, 0.717) is 6.04 Å². The molecule has 100 valence electrons. The third kappa shape index (κ3) is 2.28. The van der Waals surface area contributed by atoms with E-state index in [9.17, 15) is 0 Å². The van der Waals surface area contributed by atoms with Crippen molar-refractivity contribution in [2.45, 2.75) is 45.1 Å². The molecule has 1 N–H and O–H groups in total. The van der Waals surface area contributed by atoms with Crippen LogP contribution in [0.4, 0.5) is 0 Å². The zero-order valence-corrected chi connectivity index (χ0v) is 11.3. The summed E-state index contributed by atoms with van der Waals surface area (Å²) in [6.45, 7) is 3.32. The number of hydrogen-bond acceptors (Lipinski definition) is 4. The number of aryl methyl sites for hydroxylation is 1. The molecule has 5 nitrogen and oxygen atoms in total. The molecule has 0 amide bonds. The Morgan fingerprint density at radius 2 is 2.17 bits per heavy atom. The normalized spacial score (nSPS) is 31.3. The molecule has 0 spiro atoms. The number of aromatic nitrogens is 4. The van der Waals surface area contributed by atoms with Gasteiger partial charge in [0.05, 0.1) is 7.05 Å². The van der Waals surface area contributed by atoms with Crippen molar-refractivity contribution in [3.63, 3.8) is 0 Å². The Balaban J connectivity index is 1.62. The van der Waals surface area contributed by atoms with Crippen LogP contribution in [0.15, 0.2) is 0 Å². The van der Waals surface area contributed by atoms with Crippen molar-refractivity contribution in [2.75, 3.05) is 6.54 Å². The van der Waals surface area contributed by atoms with Gasteiger partial charge in [-0.3, -0.25) is 0 Å². The summed E-state index contributed by atoms with van der Waals surface area (Å²) < 4.78 is 0. The summed E-state index contributed by atoms with van der Waals surface area (Å²) in [5.41, 5.74) is 0. The molecule has 2 aliphatic rings. The van der Waals surface area contributed by atoms with Gasteiger partial charge in [0.15, 0.2) is 5.82 Å². The third-order valence-electron chi connectivity index (χ3n) is 4.55. The van der Waals surface area contributed by atoms with Crippen LogP contribution in [-0.4, -0.2) is 32.8 Å². The van der Waals surface area contributed by atoms with Crippen LogP contribution in [0, 0.1) is 17.8 Å². The highest BCUT2D eigenvalue weighted by molar-refractivity contribution is 5.08. The first-order valence-electron chi connectivity index (χ1n) is 7.26. The largest absolute Gasteiger partial charge is 0.313 e. The monoisotopic (exact) mass is 249 g/mol. The first kappa shape index (κ1) is 12.1. The van der Waals surface area contributed by atoms with Gasteiger partial charge in [0.2, 0.25) is 0 Å². The van der Waals surface area contributed by atoms with E-state index in [1.807, 2.05) is 7.05 Å². The second kappa shape index (κ2) is 4.96. The number of rotatable bonds is 6. The smallest absolute Gasteiger partial charge is 0.176 e. The van der Waals surface area contributed by atoms with Gasteiger partial charge in [-0.25, -0.2) is 0 Å². The van der Waals surface area contributed by atoms with Crippen molar-refractivity contribution >= 4 is 0 Å². The zero-order valence-electron chi connectivity index (χ0n) is 11.3. The molecule has 3 atom stereocenters. The maximum atomic E-state index is 4.32. The van der Waals surface area contributed by atoms with Crippen molar-refractivity contribution < 1.29 is 0 Å². The fourth-order valence-electron chi connectivity index (χ4n) is 3.75. The molecule has 3 rings (SSSR count). The van der Waals surface area contributed by atoms with E-state index < -0.39 is 0 Å². The minimum atomic E-state index is 0.560. The summed E-state index contributed by atoms with van der Waals surface area (Å²) in [5, 5.41) is 16.1. The Kier molecular flexibility index (Phi) is 3.33. The predicted octanol–water partition coefficient (Wildman–Crippen LogP) is 1.17. The molecule has 0 aromatic carbocycles. The number of nitrogens with one attached hydrogen (secondary N) is 1. The lowest BCUT2D eigenvalue weighted by Gasteiger charge is -2.18. The first-order valence-corrected chi connectivity index (χ1v) is 7.26. The lowest BCUT2D eigenvalue weighted by Crippen LogP contribution is -2.35. The summed E-state index contributed by atoms with van der Waals surface area (Å²) in [4.78, 5) is 1.56. The Morgan fingerprint density at radius 1 is 1.39 bits per heavy atom. The Labute approximate surface area is 108 Å². The minimum Gasteiger partial charge on any atom is -0.313 e. The molecule has 1 aromatic heterocycles. The molecule has 0 radical (unpaired) electrons. The summed E-state index contributed by atoms with van der Waals surface area (Å²) in [7, 11) is 1.83. The third-order valence-corrected chi connectivity index (χ3v) is 4.55. The van der Waals surface area contributed by atoms with Crippen LogP contribution >= 0.6 is 0 Å². The van der Waals surface area contributed by atoms with Gasteiger partial charge < -0.3 is 5.32 Å². The number of fused-ring (bicyclic) bond motifs is 1. The van der Waals surface area contributed by atoms with Crippen molar-refractivity contribution in [1.29, 1.82) is 0 Å². The molecule has 1 heterocycles. The SMILES string of the molecule is CCCNC(Cc1nnn(C)n1)C1C2CCCC21. The molecule has 18 heavy (non-hydrogen) atoms. The number of tetrazole rings is 1. The van der Waals surface area contributed by atoms with E-state index in [4.69, 9.17) is 0 Å². The van der Waals surface area contributed by atoms with Gasteiger partial charge >= 0.3 is 0 Å². The molecule has 3 unspecified atom stereocenters. The van der Waals surface area contributed by atoms with Crippen LogP contribution in [0.3, 0.4) is 0 Å². The number of hydrogen-bond donors (Lipinski definition) is 1. The average Bonchev–Trinajstić information content (AvgIpc) is 2.74. The Bertz CT molecular complexity index is 392. The number of nitrogens with zero attached hydrogens (tertiary/aromatic N) is 4. The zero-order chi connectivity index (χ0) is 12.5. The van der Waals surface area contributed by atoms with Crippen molar-refractivity contribution in [3.05, 3.63) is 5.82 Å². The fourth-order valence-corrected chi connectivity index (χ4v) is 3.75. The lowest BCUT2D eigenvalue weighted by molar-refractivity contribution is 0.397. The molecule has 2 saturated carbocycles. The summed E-state index contributed by atoms with van der Waals surface area (Å²) in [6.07, 6.45) is 6.44. The van der Waals surface area contributed by atoms with E-state index in [0.717, 1.165) is 36.5 Å². The summed E-state index contributed by atoms with van der Waals surface area (Å²) in [5.74, 6) is 3.72. The molecule has 0 bridgehead atoms. The molecule has 0 saturated heterocycles. The van der Waals surface area contributed by atoms with Crippen molar-refractivity contribution in [3.8, 4) is 0 Å². The quantitative estimate of drug-likeness (QED) is 0.822. The lowest BCUT2D eigenvalue weighted by atomic mass is 10.0. The van der Waals surface area contributed by atoms with Gasteiger partial charge in [-0.15, -0.1) is 10.2 Å². The molecular formula is C13H23N5. The second-order valence-corrected chi connectivity index (χ2v) is 5.80. The standard InChI is InChI=1S/C13H23N5/c1-3-7-14-11(8-12-15-17-18(2)16-12)13-9-5-4-6-10(9)13/h9-11,13-14H,3-8H2,1-2H3. The molecule has 2 fully saturated rings. The van der Waals surface area contributed by atoms with E-state index in [1.54, 1.807) is 4.80 Å². The minimum absolute atomic E-state index is 0.560. The summed E-state index contributed by atoms with van der Waals surface area (Å²) in [6, 6.07) is 0.560. The second-order valence-electron chi connectivity index (χ2n) is 5.80. The molecule has 0 aliphatic heterocycles. The van der Waals surface area contributed by atoms with Gasteiger partial charge in [0.1, 0.15) is 0 Å². The van der Waals surface area contributed by atoms with Gasteiger partial charge in [-0.05, 0) is 48.8 Å². The van der Waals surface area contributed by atoms with Crippen molar-refractivity contribution in [1.82, 2.24) is 25.5 Å². The maximum Gasteiger partial charge on any atom is 0.176 e. The topological polar surface area (TPSA) is 55.6 Å². The average molecular weight is 249 g/mol. The van der Waals surface area contributed by atoms with Crippen LogP contribution in [-0.2, 0) is 13.5 Å². The van der Waals surface area contributed by atoms with E-state index >= 15 is 0 Å². The molecule has 2 aliphatic carbocycles. The highest BCUT2D eigenvalue weighted by Crippen LogP contribution is 2.59. The first-order chi connectivity index (χ1) is 8.79. The van der Waals surface area contributed by atoms with Gasteiger partial charge in [-0.1, -0.05) is 13.3 Å². The van der Waals surface area contributed by atoms with E-state index in [2.05, 4.69) is 27.7 Å². The van der Waals surface area contributed by atoms with E-state index in [1.165, 1.54) is 25.7 Å². The Hall–Kier alpha value is -0.970. The molecule has 5 heteroatoms. The van der Waals surface area contributed by atoms with Gasteiger partial charge in [0.25, 0.3) is 0 Å². The molecular weight excluding hydrogens is 226 g/mol. The van der Waals surface area contributed by atoms with Crippen LogP contribution in [0.2, 0.25) is 0 Å². The fraction of sp³-hybridized carbons (Fsp3) is 0.923.